The topological polar surface area (TPSA) is 79.0 Å². The number of hydrogen-bond donors (Lipinski definition) is 2. The molecule has 0 aromatic carbocycles. The van der Waals surface area contributed by atoms with E-state index in [1.54, 1.807) is 0 Å². The Labute approximate surface area is 119 Å². The van der Waals surface area contributed by atoms with Gasteiger partial charge < -0.3 is 4.98 Å². The van der Waals surface area contributed by atoms with Gasteiger partial charge in [-0.05, 0) is 25.2 Å². The summed E-state index contributed by atoms with van der Waals surface area (Å²) in [7, 11) is -3.75. The second-order valence-electron chi connectivity index (χ2n) is 5.41. The van der Waals surface area contributed by atoms with Crippen LogP contribution in [0.1, 0.15) is 45.4 Å². The molecule has 0 spiro atoms. The Hall–Kier alpha value is -1.14. The fourth-order valence-corrected chi connectivity index (χ4v) is 4.36. The predicted molar refractivity (Wildman–Crippen MR) is 78.0 cm³/mol. The van der Waals surface area contributed by atoms with E-state index in [4.69, 9.17) is 0 Å². The van der Waals surface area contributed by atoms with Gasteiger partial charge in [0.15, 0.2) is 0 Å². The third kappa shape index (κ3) is 3.49. The lowest BCUT2D eigenvalue weighted by Crippen LogP contribution is -2.41. The first-order valence-electron chi connectivity index (χ1n) is 7.24. The summed E-state index contributed by atoms with van der Waals surface area (Å²) in [6.07, 6.45) is 9.10. The van der Waals surface area contributed by atoms with Crippen LogP contribution in [0.15, 0.2) is 28.2 Å². The van der Waals surface area contributed by atoms with Crippen molar-refractivity contribution >= 4 is 10.0 Å². The molecule has 1 heterocycles. The van der Waals surface area contributed by atoms with Gasteiger partial charge in [0.2, 0.25) is 15.5 Å². The molecule has 0 saturated heterocycles. The van der Waals surface area contributed by atoms with Crippen LogP contribution in [0.25, 0.3) is 0 Å². The summed E-state index contributed by atoms with van der Waals surface area (Å²) in [5.41, 5.74) is -0.477. The number of hydrogen-bond acceptors (Lipinski definition) is 3. The fraction of sp³-hybridized carbons (Fsp3) is 0.643. The maximum atomic E-state index is 12.3. The third-order valence-corrected chi connectivity index (χ3v) is 5.55. The van der Waals surface area contributed by atoms with Crippen LogP contribution in [0.3, 0.4) is 0 Å². The molecule has 1 saturated carbocycles. The van der Waals surface area contributed by atoms with Gasteiger partial charge in [0.25, 0.3) is 0 Å². The van der Waals surface area contributed by atoms with Crippen LogP contribution in [-0.2, 0) is 10.0 Å². The zero-order valence-corrected chi connectivity index (χ0v) is 12.6. The standard InChI is InChI=1S/C14H22N2O3S/c1-2-12(11-6-4-3-5-7-11)16-20(18,19)14-10-15-9-8-13(14)17/h8-12,16H,2-7H2,1H3,(H,15,17). The lowest BCUT2D eigenvalue weighted by molar-refractivity contribution is 0.285. The van der Waals surface area contributed by atoms with Gasteiger partial charge in [-0.15, -0.1) is 0 Å². The van der Waals surface area contributed by atoms with Gasteiger partial charge in [0.05, 0.1) is 0 Å². The molecule has 5 nitrogen and oxygen atoms in total. The van der Waals surface area contributed by atoms with Crippen molar-refractivity contribution in [3.8, 4) is 0 Å². The molecule has 20 heavy (non-hydrogen) atoms. The Balaban J connectivity index is 2.18. The van der Waals surface area contributed by atoms with Gasteiger partial charge in [-0.25, -0.2) is 13.1 Å². The fourth-order valence-electron chi connectivity index (χ4n) is 2.92. The lowest BCUT2D eigenvalue weighted by atomic mass is 9.83. The Kier molecular flexibility index (Phi) is 4.99. The zero-order chi connectivity index (χ0) is 14.6. The van der Waals surface area contributed by atoms with Crippen molar-refractivity contribution in [3.05, 3.63) is 28.7 Å². The van der Waals surface area contributed by atoms with Crippen LogP contribution in [0.5, 0.6) is 0 Å². The maximum Gasteiger partial charge on any atom is 0.246 e. The quantitative estimate of drug-likeness (QED) is 0.872. The van der Waals surface area contributed by atoms with Crippen molar-refractivity contribution in [1.82, 2.24) is 9.71 Å². The van der Waals surface area contributed by atoms with Gasteiger partial charge >= 0.3 is 0 Å². The predicted octanol–water partition coefficient (Wildman–Crippen LogP) is 2.01. The minimum absolute atomic E-state index is 0.0834. The number of rotatable bonds is 5. The monoisotopic (exact) mass is 298 g/mol. The van der Waals surface area contributed by atoms with Crippen LogP contribution < -0.4 is 10.2 Å². The van der Waals surface area contributed by atoms with Crippen LogP contribution in [0.2, 0.25) is 0 Å². The highest BCUT2D eigenvalue weighted by molar-refractivity contribution is 7.89. The maximum absolute atomic E-state index is 12.3. The molecule has 1 atom stereocenters. The van der Waals surface area contributed by atoms with E-state index in [9.17, 15) is 13.2 Å². The molecule has 2 N–H and O–H groups in total. The summed E-state index contributed by atoms with van der Waals surface area (Å²) in [5.74, 6) is 0.381. The van der Waals surface area contributed by atoms with Crippen LogP contribution in [0.4, 0.5) is 0 Å². The van der Waals surface area contributed by atoms with E-state index in [1.807, 2.05) is 6.92 Å². The first-order chi connectivity index (χ1) is 9.54. The molecule has 1 unspecified atom stereocenters. The highest BCUT2D eigenvalue weighted by Crippen LogP contribution is 2.28. The summed E-state index contributed by atoms with van der Waals surface area (Å²) in [6, 6.07) is 1.15. The molecule has 0 bridgehead atoms. The van der Waals surface area contributed by atoms with Crippen molar-refractivity contribution < 1.29 is 8.42 Å². The van der Waals surface area contributed by atoms with Gasteiger partial charge in [0, 0.05) is 24.5 Å². The van der Waals surface area contributed by atoms with Crippen molar-refractivity contribution in [2.24, 2.45) is 5.92 Å². The van der Waals surface area contributed by atoms with Crippen LogP contribution >= 0.6 is 0 Å². The highest BCUT2D eigenvalue weighted by atomic mass is 32.2. The number of pyridine rings is 1. The number of nitrogens with one attached hydrogen (secondary N) is 2. The summed E-state index contributed by atoms with van der Waals surface area (Å²) < 4.78 is 27.4. The molecule has 1 fully saturated rings. The van der Waals surface area contributed by atoms with Crippen molar-refractivity contribution in [2.75, 3.05) is 0 Å². The number of H-pyrrole nitrogens is 1. The average molecular weight is 298 g/mol. The van der Waals surface area contributed by atoms with Crippen LogP contribution in [0, 0.1) is 5.92 Å². The van der Waals surface area contributed by atoms with Crippen molar-refractivity contribution in [3.63, 3.8) is 0 Å². The summed E-state index contributed by atoms with van der Waals surface area (Å²) >= 11 is 0. The van der Waals surface area contributed by atoms with E-state index in [0.717, 1.165) is 32.1 Å². The van der Waals surface area contributed by atoms with Crippen LogP contribution in [-0.4, -0.2) is 19.4 Å². The average Bonchev–Trinajstić information content (AvgIpc) is 2.46. The Morgan fingerprint density at radius 1 is 1.35 bits per heavy atom. The Morgan fingerprint density at radius 3 is 2.65 bits per heavy atom. The SMILES string of the molecule is CCC(NS(=O)(=O)c1c[nH]ccc1=O)C1CCCCC1. The van der Waals surface area contributed by atoms with Gasteiger partial charge in [-0.1, -0.05) is 26.2 Å². The number of aromatic amines is 1. The lowest BCUT2D eigenvalue weighted by Gasteiger charge is -2.29. The molecule has 0 aliphatic heterocycles. The molecule has 2 rings (SSSR count). The van der Waals surface area contributed by atoms with Gasteiger partial charge in [-0.3, -0.25) is 4.79 Å². The van der Waals surface area contributed by atoms with E-state index >= 15 is 0 Å². The molecule has 1 aromatic heterocycles. The zero-order valence-electron chi connectivity index (χ0n) is 11.8. The summed E-state index contributed by atoms with van der Waals surface area (Å²) in [5, 5.41) is 0. The molecule has 1 aliphatic carbocycles. The number of aromatic nitrogens is 1. The van der Waals surface area contributed by atoms with Crippen molar-refractivity contribution in [1.29, 1.82) is 0 Å². The number of sulfonamides is 1. The Morgan fingerprint density at radius 2 is 2.05 bits per heavy atom. The second kappa shape index (κ2) is 6.54. The molecule has 1 aromatic rings. The molecule has 1 aliphatic rings. The smallest absolute Gasteiger partial charge is 0.246 e. The van der Waals surface area contributed by atoms with E-state index < -0.39 is 15.5 Å². The van der Waals surface area contributed by atoms with Crippen molar-refractivity contribution in [2.45, 2.75) is 56.4 Å². The molecular weight excluding hydrogens is 276 g/mol. The largest absolute Gasteiger partial charge is 0.366 e. The third-order valence-electron chi connectivity index (χ3n) is 4.04. The second-order valence-corrected chi connectivity index (χ2v) is 7.09. The van der Waals surface area contributed by atoms with E-state index in [0.29, 0.717) is 5.92 Å². The Bertz CT molecular complexity index is 588. The van der Waals surface area contributed by atoms with Gasteiger partial charge in [0.1, 0.15) is 4.90 Å². The minimum Gasteiger partial charge on any atom is -0.366 e. The van der Waals surface area contributed by atoms with E-state index in [2.05, 4.69) is 9.71 Å². The highest BCUT2D eigenvalue weighted by Gasteiger charge is 2.28. The van der Waals surface area contributed by atoms with E-state index in [-0.39, 0.29) is 10.9 Å². The normalized spacial score (nSPS) is 18.9. The molecule has 112 valence electrons. The first-order valence-corrected chi connectivity index (χ1v) is 8.72. The summed E-state index contributed by atoms with van der Waals surface area (Å²) in [4.78, 5) is 14.1. The molecule has 0 amide bonds. The van der Waals surface area contributed by atoms with E-state index in [1.165, 1.54) is 24.9 Å². The first kappa shape index (κ1) is 15.3. The minimum atomic E-state index is -3.75. The summed E-state index contributed by atoms with van der Waals surface area (Å²) in [6.45, 7) is 1.98. The molecule has 0 radical (unpaired) electrons. The molecular formula is C14H22N2O3S. The van der Waals surface area contributed by atoms with Gasteiger partial charge in [-0.2, -0.15) is 0 Å². The molecule has 6 heteroatoms.